The number of hydrogen-bond donors (Lipinski definition) is 1. The normalized spacial score (nSPS) is 11.6. The van der Waals surface area contributed by atoms with Gasteiger partial charge in [-0.25, -0.2) is 27.9 Å². The molecule has 0 unspecified atom stereocenters. The number of imidazole rings is 1. The molecular weight excluding hydrogens is 518 g/mol. The molecule has 2 heterocycles. The minimum Gasteiger partial charge on any atom is -0.446 e. The fourth-order valence-electron chi connectivity index (χ4n) is 3.65. The maximum atomic E-state index is 12.6. The Morgan fingerprint density at radius 1 is 1.16 bits per heavy atom. The lowest BCUT2D eigenvalue weighted by Crippen LogP contribution is -2.33. The monoisotopic (exact) mass is 549 g/mol. The number of anilines is 1. The van der Waals surface area contributed by atoms with Crippen molar-refractivity contribution in [3.8, 4) is 0 Å². The second-order valence-electron chi connectivity index (χ2n) is 9.01. The number of aryl methyl sites for hydroxylation is 1. The number of sulfonamides is 1. The van der Waals surface area contributed by atoms with Gasteiger partial charge in [-0.1, -0.05) is 37.4 Å². The van der Waals surface area contributed by atoms with E-state index >= 15 is 0 Å². The quantitative estimate of drug-likeness (QED) is 0.364. The smallest absolute Gasteiger partial charge is 0.414 e. The van der Waals surface area contributed by atoms with Crippen molar-refractivity contribution in [2.45, 2.75) is 59.6 Å². The summed E-state index contributed by atoms with van der Waals surface area (Å²) in [4.78, 5) is 35.1. The van der Waals surface area contributed by atoms with Gasteiger partial charge in [0.15, 0.2) is 5.65 Å². The Morgan fingerprint density at radius 2 is 1.89 bits per heavy atom. The molecule has 0 spiro atoms. The van der Waals surface area contributed by atoms with Gasteiger partial charge in [0.1, 0.15) is 17.0 Å². The molecule has 3 aromatic rings. The number of amides is 2. The fourth-order valence-corrected chi connectivity index (χ4v) is 4.95. The minimum atomic E-state index is -3.75. The lowest BCUT2D eigenvalue weighted by Gasteiger charge is -2.19. The van der Waals surface area contributed by atoms with Gasteiger partial charge in [0.05, 0.1) is 18.4 Å². The average Bonchev–Trinajstić information content (AvgIpc) is 3.13. The van der Waals surface area contributed by atoms with Crippen LogP contribution < -0.4 is 9.62 Å². The van der Waals surface area contributed by atoms with Gasteiger partial charge in [-0.15, -0.1) is 0 Å². The van der Waals surface area contributed by atoms with Gasteiger partial charge < -0.3 is 9.30 Å². The predicted octanol–water partition coefficient (Wildman–Crippen LogP) is 4.67. The molecule has 0 bridgehead atoms. The van der Waals surface area contributed by atoms with Gasteiger partial charge >= 0.3 is 6.09 Å². The molecular formula is C25H32ClN5O5S. The van der Waals surface area contributed by atoms with Crippen LogP contribution in [0.1, 0.15) is 61.9 Å². The Balaban J connectivity index is 1.84. The lowest BCUT2D eigenvalue weighted by molar-refractivity contribution is 0.0976. The molecule has 2 aromatic heterocycles. The van der Waals surface area contributed by atoms with Crippen molar-refractivity contribution in [3.05, 3.63) is 52.4 Å². The fraction of sp³-hybridized carbons (Fsp3) is 0.440. The van der Waals surface area contributed by atoms with Crippen molar-refractivity contribution in [1.29, 1.82) is 0 Å². The lowest BCUT2D eigenvalue weighted by atomic mass is 10.2. The molecule has 0 fully saturated rings. The van der Waals surface area contributed by atoms with Gasteiger partial charge in [-0.3, -0.25) is 9.69 Å². The third-order valence-corrected chi connectivity index (χ3v) is 7.32. The van der Waals surface area contributed by atoms with Crippen LogP contribution in [0.4, 0.5) is 10.5 Å². The highest BCUT2D eigenvalue weighted by Gasteiger charge is 2.20. The Labute approximate surface area is 222 Å². The summed E-state index contributed by atoms with van der Waals surface area (Å²) in [5.74, 6) is -0.266. The average molecular weight is 550 g/mol. The second kappa shape index (κ2) is 11.9. The van der Waals surface area contributed by atoms with Crippen LogP contribution in [0.2, 0.25) is 5.02 Å². The van der Waals surface area contributed by atoms with Crippen molar-refractivity contribution >= 4 is 50.5 Å². The van der Waals surface area contributed by atoms with E-state index in [0.717, 1.165) is 18.4 Å². The van der Waals surface area contributed by atoms with Crippen molar-refractivity contribution in [2.24, 2.45) is 0 Å². The van der Waals surface area contributed by atoms with Crippen LogP contribution in [0, 0.1) is 6.92 Å². The summed E-state index contributed by atoms with van der Waals surface area (Å²) in [6.07, 6.45) is 1.38. The Kier molecular flexibility index (Phi) is 9.14. The number of nitrogens with zero attached hydrogens (tertiary/aromatic N) is 4. The first kappa shape index (κ1) is 28.4. The second-order valence-corrected chi connectivity index (χ2v) is 11.3. The zero-order chi connectivity index (χ0) is 27.3. The van der Waals surface area contributed by atoms with Gasteiger partial charge in [0, 0.05) is 17.8 Å². The first-order valence-corrected chi connectivity index (χ1v) is 14.1. The number of carbonyl (C=O) groups excluding carboxylic acids is 2. The maximum absolute atomic E-state index is 12.6. The summed E-state index contributed by atoms with van der Waals surface area (Å²) in [6, 6.07) is 8.30. The van der Waals surface area contributed by atoms with Crippen molar-refractivity contribution in [1.82, 2.24) is 19.3 Å². The number of unbranched alkanes of at least 4 members (excludes halogenated alkanes) is 2. The number of carbonyl (C=O) groups is 2. The number of aromatic nitrogens is 3. The van der Waals surface area contributed by atoms with Crippen LogP contribution >= 0.6 is 11.6 Å². The third kappa shape index (κ3) is 7.20. The molecule has 37 heavy (non-hydrogen) atoms. The summed E-state index contributed by atoms with van der Waals surface area (Å²) in [5, 5.41) is 0.426. The molecule has 12 heteroatoms. The standard InChI is InChI=1S/C25H32ClN5O5S/c1-6-7-8-13-37(34,35)29-24(32)22-12-11-21-23(28-22)31(17(4)27-21)15-18-9-10-19(14-20(18)26)30(5)25(33)36-16(2)3/h9-12,14,16H,6-8,13,15H2,1-5H3,(H,29,32). The number of ether oxygens (including phenoxy) is 1. The first-order valence-electron chi connectivity index (χ1n) is 12.0. The van der Waals surface area contributed by atoms with Crippen molar-refractivity contribution < 1.29 is 22.7 Å². The van der Waals surface area contributed by atoms with Gasteiger partial charge in [-0.2, -0.15) is 0 Å². The molecule has 10 nitrogen and oxygen atoms in total. The van der Waals surface area contributed by atoms with Gasteiger partial charge in [0.25, 0.3) is 5.91 Å². The van der Waals surface area contributed by atoms with E-state index in [1.165, 1.54) is 11.0 Å². The van der Waals surface area contributed by atoms with E-state index in [1.54, 1.807) is 56.7 Å². The van der Waals surface area contributed by atoms with Crippen molar-refractivity contribution in [2.75, 3.05) is 17.7 Å². The number of fused-ring (bicyclic) bond motifs is 1. The topological polar surface area (TPSA) is 123 Å². The van der Waals surface area contributed by atoms with E-state index in [4.69, 9.17) is 16.3 Å². The summed E-state index contributed by atoms with van der Waals surface area (Å²) >= 11 is 6.55. The van der Waals surface area contributed by atoms with Crippen LogP contribution in [0.15, 0.2) is 30.3 Å². The van der Waals surface area contributed by atoms with E-state index in [9.17, 15) is 18.0 Å². The molecule has 2 amide bonds. The van der Waals surface area contributed by atoms with Crippen LogP contribution in [0.3, 0.4) is 0 Å². The molecule has 0 aliphatic carbocycles. The third-order valence-electron chi connectivity index (χ3n) is 5.64. The summed E-state index contributed by atoms with van der Waals surface area (Å²) in [6.45, 7) is 7.62. The van der Waals surface area contributed by atoms with E-state index in [2.05, 4.69) is 14.7 Å². The SMILES string of the molecule is CCCCCS(=O)(=O)NC(=O)c1ccc2nc(C)n(Cc3ccc(N(C)C(=O)OC(C)C)cc3Cl)c2n1. The molecule has 0 aliphatic heterocycles. The molecule has 1 N–H and O–H groups in total. The molecule has 1 aromatic carbocycles. The zero-order valence-corrected chi connectivity index (χ0v) is 23.2. The molecule has 200 valence electrons. The highest BCUT2D eigenvalue weighted by atomic mass is 35.5. The van der Waals surface area contributed by atoms with Gasteiger partial charge in [-0.05, 0) is 57.0 Å². The van der Waals surface area contributed by atoms with Crippen LogP contribution in [0.5, 0.6) is 0 Å². The summed E-state index contributed by atoms with van der Waals surface area (Å²) < 4.78 is 33.6. The number of halogens is 1. The number of rotatable bonds is 10. The maximum Gasteiger partial charge on any atom is 0.414 e. The van der Waals surface area contributed by atoms with E-state index in [0.29, 0.717) is 40.7 Å². The predicted molar refractivity (Wildman–Crippen MR) is 144 cm³/mol. The van der Waals surface area contributed by atoms with Gasteiger partial charge in [0.2, 0.25) is 10.0 Å². The number of hydrogen-bond acceptors (Lipinski definition) is 7. The zero-order valence-electron chi connectivity index (χ0n) is 21.6. The Bertz CT molecular complexity index is 1400. The minimum absolute atomic E-state index is 0.0283. The molecule has 0 saturated heterocycles. The Morgan fingerprint density at radius 3 is 2.54 bits per heavy atom. The molecule has 3 rings (SSSR count). The highest BCUT2D eigenvalue weighted by molar-refractivity contribution is 7.90. The molecule has 0 radical (unpaired) electrons. The van der Waals surface area contributed by atoms with Crippen LogP contribution in [-0.2, 0) is 21.3 Å². The van der Waals surface area contributed by atoms with E-state index in [1.807, 2.05) is 6.92 Å². The van der Waals surface area contributed by atoms with E-state index in [-0.39, 0.29) is 17.6 Å². The van der Waals surface area contributed by atoms with Crippen molar-refractivity contribution in [3.63, 3.8) is 0 Å². The highest BCUT2D eigenvalue weighted by Crippen LogP contribution is 2.26. The number of benzene rings is 1. The largest absolute Gasteiger partial charge is 0.446 e. The Hall–Kier alpha value is -3.18. The first-order chi connectivity index (χ1) is 17.4. The summed E-state index contributed by atoms with van der Waals surface area (Å²) in [7, 11) is -2.15. The summed E-state index contributed by atoms with van der Waals surface area (Å²) in [5.41, 5.74) is 2.27. The molecule has 0 aliphatic rings. The molecule has 0 atom stereocenters. The van der Waals surface area contributed by atoms with Crippen LogP contribution in [0.25, 0.3) is 11.2 Å². The van der Waals surface area contributed by atoms with Crippen LogP contribution in [-0.4, -0.2) is 53.9 Å². The van der Waals surface area contributed by atoms with E-state index < -0.39 is 22.0 Å². The number of pyridine rings is 1. The number of nitrogens with one attached hydrogen (secondary N) is 1. The molecule has 0 saturated carbocycles.